The summed E-state index contributed by atoms with van der Waals surface area (Å²) >= 11 is 0. The van der Waals surface area contributed by atoms with Gasteiger partial charge in [-0.05, 0) is 31.2 Å². The third-order valence-electron chi connectivity index (χ3n) is 5.50. The molecule has 7 heteroatoms. The van der Waals surface area contributed by atoms with Crippen LogP contribution in [0, 0.1) is 6.92 Å². The van der Waals surface area contributed by atoms with E-state index in [0.29, 0.717) is 24.7 Å². The zero-order chi connectivity index (χ0) is 20.7. The second-order valence-electron chi connectivity index (χ2n) is 7.62. The first kappa shape index (κ1) is 18.3. The summed E-state index contributed by atoms with van der Waals surface area (Å²) in [7, 11) is 1.91. The summed E-state index contributed by atoms with van der Waals surface area (Å²) in [5.74, 6) is 0.983. The zero-order valence-corrected chi connectivity index (χ0v) is 16.8. The summed E-state index contributed by atoms with van der Waals surface area (Å²) in [5.41, 5.74) is 4.97. The van der Waals surface area contributed by atoms with Crippen LogP contribution in [-0.2, 0) is 11.8 Å². The highest BCUT2D eigenvalue weighted by atomic mass is 16.5. The Bertz CT molecular complexity index is 1210. The molecule has 1 saturated heterocycles. The first-order valence-electron chi connectivity index (χ1n) is 9.88. The number of anilines is 1. The topological polar surface area (TPSA) is 77.1 Å². The second-order valence-corrected chi connectivity index (χ2v) is 7.62. The molecule has 0 radical (unpaired) electrons. The summed E-state index contributed by atoms with van der Waals surface area (Å²) < 4.78 is 7.38. The molecular weight excluding hydrogens is 378 g/mol. The maximum absolute atomic E-state index is 12.6. The predicted molar refractivity (Wildman–Crippen MR) is 113 cm³/mol. The fourth-order valence-corrected chi connectivity index (χ4v) is 3.84. The van der Waals surface area contributed by atoms with Gasteiger partial charge in [0.25, 0.3) is 0 Å². The van der Waals surface area contributed by atoms with E-state index in [-0.39, 0.29) is 11.8 Å². The number of aryl methyl sites for hydroxylation is 2. The van der Waals surface area contributed by atoms with Gasteiger partial charge in [0, 0.05) is 43.0 Å². The van der Waals surface area contributed by atoms with Crippen molar-refractivity contribution in [2.24, 2.45) is 7.05 Å². The van der Waals surface area contributed by atoms with Crippen molar-refractivity contribution in [3.8, 4) is 22.6 Å². The van der Waals surface area contributed by atoms with E-state index in [1.165, 1.54) is 0 Å². The van der Waals surface area contributed by atoms with Gasteiger partial charge in [0.1, 0.15) is 0 Å². The van der Waals surface area contributed by atoms with Crippen molar-refractivity contribution in [2.45, 2.75) is 19.3 Å². The normalized spacial score (nSPS) is 16.4. The Morgan fingerprint density at radius 1 is 1.07 bits per heavy atom. The molecular formula is C23H21N5O2. The molecule has 1 atom stereocenters. The van der Waals surface area contributed by atoms with Gasteiger partial charge in [0.05, 0.1) is 11.6 Å². The van der Waals surface area contributed by atoms with Crippen molar-refractivity contribution in [1.29, 1.82) is 0 Å². The predicted octanol–water partition coefficient (Wildman–Crippen LogP) is 3.97. The molecule has 30 heavy (non-hydrogen) atoms. The number of hydrogen-bond donors (Lipinski definition) is 0. The smallest absolute Gasteiger partial charge is 0.232 e. The summed E-state index contributed by atoms with van der Waals surface area (Å²) in [6.45, 7) is 2.57. The van der Waals surface area contributed by atoms with Crippen LogP contribution in [0.4, 0.5) is 5.69 Å². The van der Waals surface area contributed by atoms with Gasteiger partial charge in [0.2, 0.25) is 17.6 Å². The van der Waals surface area contributed by atoms with Gasteiger partial charge in [-0.15, -0.1) is 0 Å². The average Bonchev–Trinajstić information content (AvgIpc) is 3.48. The van der Waals surface area contributed by atoms with E-state index in [9.17, 15) is 4.79 Å². The minimum absolute atomic E-state index is 0.0711. The van der Waals surface area contributed by atoms with Crippen molar-refractivity contribution in [3.63, 3.8) is 0 Å². The molecule has 0 bridgehead atoms. The Kier molecular flexibility index (Phi) is 4.43. The van der Waals surface area contributed by atoms with Crippen molar-refractivity contribution < 1.29 is 9.32 Å². The van der Waals surface area contributed by atoms with Crippen LogP contribution in [0.15, 0.2) is 65.3 Å². The molecule has 1 aliphatic rings. The highest BCUT2D eigenvalue weighted by Crippen LogP contribution is 2.32. The minimum Gasteiger partial charge on any atom is -0.339 e. The molecule has 1 unspecified atom stereocenters. The summed E-state index contributed by atoms with van der Waals surface area (Å²) in [4.78, 5) is 18.9. The lowest BCUT2D eigenvalue weighted by molar-refractivity contribution is -0.117. The molecule has 1 fully saturated rings. The first-order valence-corrected chi connectivity index (χ1v) is 9.88. The lowest BCUT2D eigenvalue weighted by Gasteiger charge is -2.16. The first-order chi connectivity index (χ1) is 14.6. The minimum atomic E-state index is -0.111. The van der Waals surface area contributed by atoms with Gasteiger partial charge < -0.3 is 9.42 Å². The number of amides is 1. The Morgan fingerprint density at radius 3 is 2.63 bits per heavy atom. The van der Waals surface area contributed by atoms with Gasteiger partial charge in [-0.3, -0.25) is 9.48 Å². The van der Waals surface area contributed by atoms with E-state index in [4.69, 9.17) is 4.52 Å². The van der Waals surface area contributed by atoms with E-state index >= 15 is 0 Å². The maximum Gasteiger partial charge on any atom is 0.232 e. The monoisotopic (exact) mass is 399 g/mol. The highest BCUT2D eigenvalue weighted by Gasteiger charge is 2.35. The summed E-state index contributed by atoms with van der Waals surface area (Å²) in [6.07, 6.45) is 2.13. The van der Waals surface area contributed by atoms with Crippen LogP contribution in [0.5, 0.6) is 0 Å². The molecule has 1 amide bonds. The molecule has 7 nitrogen and oxygen atoms in total. The van der Waals surface area contributed by atoms with Gasteiger partial charge in [-0.25, -0.2) is 0 Å². The van der Waals surface area contributed by atoms with Crippen LogP contribution in [-0.4, -0.2) is 32.4 Å². The molecule has 2 aromatic carbocycles. The van der Waals surface area contributed by atoms with E-state index in [1.54, 1.807) is 11.1 Å². The fraction of sp³-hybridized carbons (Fsp3) is 0.217. The molecule has 5 rings (SSSR count). The molecule has 0 spiro atoms. The number of rotatable bonds is 4. The van der Waals surface area contributed by atoms with Crippen molar-refractivity contribution >= 4 is 11.6 Å². The van der Waals surface area contributed by atoms with E-state index in [1.807, 2.05) is 73.3 Å². The average molecular weight is 399 g/mol. The van der Waals surface area contributed by atoms with Crippen molar-refractivity contribution in [3.05, 3.63) is 72.2 Å². The van der Waals surface area contributed by atoms with Crippen LogP contribution < -0.4 is 4.90 Å². The second kappa shape index (κ2) is 7.26. The number of aromatic nitrogens is 4. The van der Waals surface area contributed by atoms with Crippen LogP contribution in [0.25, 0.3) is 22.6 Å². The Morgan fingerprint density at radius 2 is 1.87 bits per heavy atom. The van der Waals surface area contributed by atoms with Gasteiger partial charge in [-0.1, -0.05) is 41.1 Å². The number of hydrogen-bond acceptors (Lipinski definition) is 5. The van der Waals surface area contributed by atoms with Crippen LogP contribution in [0.3, 0.4) is 0 Å². The van der Waals surface area contributed by atoms with E-state index < -0.39 is 0 Å². The Hall–Kier alpha value is -3.74. The van der Waals surface area contributed by atoms with E-state index in [0.717, 1.165) is 28.1 Å². The molecule has 0 saturated carbocycles. The van der Waals surface area contributed by atoms with Gasteiger partial charge >= 0.3 is 0 Å². The molecule has 1 aliphatic heterocycles. The standard InChI is InChI=1S/C23H21N5O2/c1-15-6-8-19(9-7-15)28-14-18(13-21(28)29)23-25-22(26-30-23)17-5-3-4-16(12-17)20-10-11-24-27(20)2/h3-12,18H,13-14H2,1-2H3. The zero-order valence-electron chi connectivity index (χ0n) is 16.8. The SMILES string of the molecule is Cc1ccc(N2CC(c3nc(-c4cccc(-c5ccnn5C)c4)no3)CC2=O)cc1. The van der Waals surface area contributed by atoms with Crippen molar-refractivity contribution in [2.75, 3.05) is 11.4 Å². The molecule has 3 heterocycles. The van der Waals surface area contributed by atoms with E-state index in [2.05, 4.69) is 15.2 Å². The molecule has 150 valence electrons. The number of nitrogens with zero attached hydrogens (tertiary/aromatic N) is 5. The maximum atomic E-state index is 12.6. The molecule has 2 aromatic heterocycles. The Balaban J connectivity index is 1.38. The van der Waals surface area contributed by atoms with Gasteiger partial charge in [-0.2, -0.15) is 10.1 Å². The molecule has 4 aromatic rings. The fourth-order valence-electron chi connectivity index (χ4n) is 3.84. The third-order valence-corrected chi connectivity index (χ3v) is 5.50. The summed E-state index contributed by atoms with van der Waals surface area (Å²) in [5, 5.41) is 8.40. The lowest BCUT2D eigenvalue weighted by atomic mass is 10.1. The molecule has 0 aliphatic carbocycles. The summed E-state index contributed by atoms with van der Waals surface area (Å²) in [6, 6.07) is 17.9. The number of benzene rings is 2. The largest absolute Gasteiger partial charge is 0.339 e. The quantitative estimate of drug-likeness (QED) is 0.519. The van der Waals surface area contributed by atoms with Crippen LogP contribution >= 0.6 is 0 Å². The van der Waals surface area contributed by atoms with Crippen molar-refractivity contribution in [1.82, 2.24) is 19.9 Å². The number of carbonyl (C=O) groups excluding carboxylic acids is 1. The lowest BCUT2D eigenvalue weighted by Crippen LogP contribution is -2.24. The van der Waals surface area contributed by atoms with Gasteiger partial charge in [0.15, 0.2) is 0 Å². The van der Waals surface area contributed by atoms with Crippen LogP contribution in [0.1, 0.15) is 23.8 Å². The third kappa shape index (κ3) is 3.28. The van der Waals surface area contributed by atoms with Crippen LogP contribution in [0.2, 0.25) is 0 Å². The highest BCUT2D eigenvalue weighted by molar-refractivity contribution is 5.96. The Labute approximate surface area is 174 Å². The number of carbonyl (C=O) groups is 1. The molecule has 0 N–H and O–H groups in total.